The molecule has 0 fully saturated rings. The molecule has 0 saturated heterocycles. The molecular formula is C9H12N2. The van der Waals surface area contributed by atoms with E-state index in [0.29, 0.717) is 6.54 Å². The van der Waals surface area contributed by atoms with Crippen LogP contribution in [-0.4, -0.2) is 11.1 Å². The molecule has 11 heavy (non-hydrogen) atoms. The molecule has 0 amide bonds. The van der Waals surface area contributed by atoms with Crippen molar-refractivity contribution in [3.8, 4) is 12.3 Å². The number of aromatic nitrogens is 1. The van der Waals surface area contributed by atoms with E-state index in [-0.39, 0.29) is 0 Å². The van der Waals surface area contributed by atoms with Gasteiger partial charge in [-0.3, -0.25) is 0 Å². The lowest BCUT2D eigenvalue weighted by Gasteiger charge is -1.95. The van der Waals surface area contributed by atoms with Gasteiger partial charge >= 0.3 is 0 Å². The Hall–Kier alpha value is -1.20. The molecule has 2 nitrogen and oxygen atoms in total. The lowest BCUT2D eigenvalue weighted by Crippen LogP contribution is -2.12. The monoisotopic (exact) mass is 148 g/mol. The van der Waals surface area contributed by atoms with Crippen molar-refractivity contribution in [3.63, 3.8) is 0 Å². The Bertz CT molecular complexity index is 255. The number of nitrogens with zero attached hydrogens (tertiary/aromatic N) is 1. The molecule has 2 heteroatoms. The van der Waals surface area contributed by atoms with Crippen molar-refractivity contribution in [2.45, 2.75) is 6.54 Å². The molecule has 58 valence electrons. The van der Waals surface area contributed by atoms with Crippen LogP contribution in [-0.2, 0) is 13.6 Å². The van der Waals surface area contributed by atoms with Gasteiger partial charge in [0.1, 0.15) is 0 Å². The summed E-state index contributed by atoms with van der Waals surface area (Å²) in [6.07, 6.45) is 9.17. The van der Waals surface area contributed by atoms with Gasteiger partial charge in [0, 0.05) is 26.0 Å². The fourth-order valence-corrected chi connectivity index (χ4v) is 0.945. The van der Waals surface area contributed by atoms with Crippen molar-refractivity contribution >= 4 is 0 Å². The van der Waals surface area contributed by atoms with E-state index in [4.69, 9.17) is 6.42 Å². The molecule has 0 spiro atoms. The molecule has 0 aliphatic rings. The molecule has 0 aliphatic carbocycles. The summed E-state index contributed by atoms with van der Waals surface area (Å²) in [6, 6.07) is 2.07. The molecule has 0 aromatic carbocycles. The first-order valence-corrected chi connectivity index (χ1v) is 3.58. The van der Waals surface area contributed by atoms with E-state index in [1.807, 2.05) is 17.8 Å². The van der Waals surface area contributed by atoms with Gasteiger partial charge < -0.3 is 9.88 Å². The van der Waals surface area contributed by atoms with E-state index in [1.54, 1.807) is 0 Å². The Kier molecular flexibility index (Phi) is 2.76. The lowest BCUT2D eigenvalue weighted by atomic mass is 10.3. The van der Waals surface area contributed by atoms with Gasteiger partial charge in [0.25, 0.3) is 0 Å². The van der Waals surface area contributed by atoms with E-state index in [9.17, 15) is 0 Å². The van der Waals surface area contributed by atoms with Crippen LogP contribution in [0.5, 0.6) is 0 Å². The maximum Gasteiger partial charge on any atom is 0.0576 e. The smallest absolute Gasteiger partial charge is 0.0576 e. The van der Waals surface area contributed by atoms with Crippen molar-refractivity contribution in [1.82, 2.24) is 9.88 Å². The second kappa shape index (κ2) is 3.85. The van der Waals surface area contributed by atoms with Gasteiger partial charge in [0.15, 0.2) is 0 Å². The molecule has 1 heterocycles. The normalized spacial score (nSPS) is 9.45. The Balaban J connectivity index is 2.34. The van der Waals surface area contributed by atoms with Gasteiger partial charge in [-0.2, -0.15) is 0 Å². The average molecular weight is 148 g/mol. The largest absolute Gasteiger partial charge is 0.357 e. The SMILES string of the molecule is C#CCNCc1ccn(C)c1. The first kappa shape index (κ1) is 7.90. The maximum atomic E-state index is 5.08. The quantitative estimate of drug-likeness (QED) is 0.494. The predicted molar refractivity (Wildman–Crippen MR) is 46.0 cm³/mol. The third-order valence-electron chi connectivity index (χ3n) is 1.45. The summed E-state index contributed by atoms with van der Waals surface area (Å²) in [5.74, 6) is 2.53. The third kappa shape index (κ3) is 2.48. The molecular weight excluding hydrogens is 136 g/mol. The zero-order valence-corrected chi connectivity index (χ0v) is 6.67. The van der Waals surface area contributed by atoms with Gasteiger partial charge in [-0.15, -0.1) is 6.42 Å². The summed E-state index contributed by atoms with van der Waals surface area (Å²) in [5, 5.41) is 3.12. The number of hydrogen-bond donors (Lipinski definition) is 1. The molecule has 0 atom stereocenters. The van der Waals surface area contributed by atoms with Crippen LogP contribution in [0.1, 0.15) is 5.56 Å². The number of aryl methyl sites for hydroxylation is 1. The summed E-state index contributed by atoms with van der Waals surface area (Å²) in [7, 11) is 2.00. The first-order valence-electron chi connectivity index (χ1n) is 3.58. The van der Waals surface area contributed by atoms with E-state index in [2.05, 4.69) is 23.5 Å². The summed E-state index contributed by atoms with van der Waals surface area (Å²) in [4.78, 5) is 0. The zero-order valence-electron chi connectivity index (χ0n) is 6.67. The van der Waals surface area contributed by atoms with Crippen LogP contribution in [0.4, 0.5) is 0 Å². The summed E-state index contributed by atoms with van der Waals surface area (Å²) in [6.45, 7) is 1.49. The molecule has 0 saturated carbocycles. The molecule has 1 aromatic heterocycles. The van der Waals surface area contributed by atoms with Crippen molar-refractivity contribution < 1.29 is 0 Å². The summed E-state index contributed by atoms with van der Waals surface area (Å²) >= 11 is 0. The third-order valence-corrected chi connectivity index (χ3v) is 1.45. The van der Waals surface area contributed by atoms with E-state index >= 15 is 0 Å². The highest BCUT2D eigenvalue weighted by molar-refractivity contribution is 5.09. The van der Waals surface area contributed by atoms with Crippen molar-refractivity contribution in [1.29, 1.82) is 0 Å². The highest BCUT2D eigenvalue weighted by atomic mass is 14.9. The Morgan fingerprint density at radius 3 is 3.09 bits per heavy atom. The van der Waals surface area contributed by atoms with Gasteiger partial charge in [-0.05, 0) is 11.6 Å². The maximum absolute atomic E-state index is 5.08. The number of nitrogens with one attached hydrogen (secondary N) is 1. The Morgan fingerprint density at radius 1 is 1.73 bits per heavy atom. The van der Waals surface area contributed by atoms with Crippen LogP contribution in [0.25, 0.3) is 0 Å². The molecule has 0 bridgehead atoms. The molecule has 0 radical (unpaired) electrons. The average Bonchev–Trinajstić information content (AvgIpc) is 2.37. The summed E-state index contributed by atoms with van der Waals surface area (Å²) < 4.78 is 2.02. The van der Waals surface area contributed by atoms with Gasteiger partial charge in [-0.1, -0.05) is 5.92 Å². The minimum atomic E-state index is 0.634. The second-order valence-electron chi connectivity index (χ2n) is 2.49. The predicted octanol–water partition coefficient (Wildman–Crippen LogP) is 0.748. The minimum absolute atomic E-state index is 0.634. The Morgan fingerprint density at radius 2 is 2.55 bits per heavy atom. The van der Waals surface area contributed by atoms with Crippen LogP contribution >= 0.6 is 0 Å². The molecule has 1 rings (SSSR count). The van der Waals surface area contributed by atoms with Gasteiger partial charge in [0.05, 0.1) is 6.54 Å². The molecule has 1 aromatic rings. The van der Waals surface area contributed by atoms with Gasteiger partial charge in [-0.25, -0.2) is 0 Å². The van der Waals surface area contributed by atoms with E-state index in [1.165, 1.54) is 5.56 Å². The zero-order chi connectivity index (χ0) is 8.10. The standard InChI is InChI=1S/C9H12N2/c1-3-5-10-7-9-4-6-11(2)8-9/h1,4,6,8,10H,5,7H2,2H3. The van der Waals surface area contributed by atoms with Gasteiger partial charge in [0.2, 0.25) is 0 Å². The number of hydrogen-bond acceptors (Lipinski definition) is 1. The molecule has 0 unspecified atom stereocenters. The van der Waals surface area contributed by atoms with Crippen LogP contribution < -0.4 is 5.32 Å². The number of rotatable bonds is 3. The lowest BCUT2D eigenvalue weighted by molar-refractivity contribution is 0.767. The number of terminal acetylenes is 1. The van der Waals surface area contributed by atoms with E-state index in [0.717, 1.165) is 6.54 Å². The topological polar surface area (TPSA) is 17.0 Å². The van der Waals surface area contributed by atoms with Crippen LogP contribution in [0.15, 0.2) is 18.5 Å². The fraction of sp³-hybridized carbons (Fsp3) is 0.333. The van der Waals surface area contributed by atoms with Crippen LogP contribution in [0, 0.1) is 12.3 Å². The molecule has 1 N–H and O–H groups in total. The first-order chi connectivity index (χ1) is 5.33. The van der Waals surface area contributed by atoms with Crippen LogP contribution in [0.2, 0.25) is 0 Å². The van der Waals surface area contributed by atoms with Crippen molar-refractivity contribution in [2.75, 3.05) is 6.54 Å². The highest BCUT2D eigenvalue weighted by Gasteiger charge is 1.91. The second-order valence-corrected chi connectivity index (χ2v) is 2.49. The van der Waals surface area contributed by atoms with E-state index < -0.39 is 0 Å². The summed E-state index contributed by atoms with van der Waals surface area (Å²) in [5.41, 5.74) is 1.27. The minimum Gasteiger partial charge on any atom is -0.357 e. The van der Waals surface area contributed by atoms with Crippen molar-refractivity contribution in [3.05, 3.63) is 24.0 Å². The van der Waals surface area contributed by atoms with Crippen molar-refractivity contribution in [2.24, 2.45) is 7.05 Å². The Labute approximate surface area is 67.2 Å². The molecule has 0 aliphatic heterocycles. The highest BCUT2D eigenvalue weighted by Crippen LogP contribution is 1.97. The van der Waals surface area contributed by atoms with Crippen LogP contribution in [0.3, 0.4) is 0 Å². The fourth-order valence-electron chi connectivity index (χ4n) is 0.945.